The highest BCUT2D eigenvalue weighted by molar-refractivity contribution is 7.25. The van der Waals surface area contributed by atoms with E-state index in [1.54, 1.807) is 0 Å². The van der Waals surface area contributed by atoms with Crippen molar-refractivity contribution in [2.24, 2.45) is 0 Å². The van der Waals surface area contributed by atoms with Gasteiger partial charge in [-0.15, -0.1) is 11.3 Å². The van der Waals surface area contributed by atoms with Gasteiger partial charge in [-0.2, -0.15) is 0 Å². The number of benzene rings is 9. The lowest BCUT2D eigenvalue weighted by molar-refractivity contribution is 0.660. The van der Waals surface area contributed by atoms with E-state index in [1.165, 1.54) is 58.9 Å². The van der Waals surface area contributed by atoms with Crippen LogP contribution in [0.5, 0.6) is 0 Å². The summed E-state index contributed by atoms with van der Waals surface area (Å²) in [6.45, 7) is 4.69. The van der Waals surface area contributed by atoms with Gasteiger partial charge in [0, 0.05) is 64.4 Å². The normalized spacial score (nSPS) is 13.1. The number of nitrogens with zero attached hydrogens (tertiary/aromatic N) is 1. The third-order valence-corrected chi connectivity index (χ3v) is 13.6. The fraction of sp³-hybridized carbons (Fsp3) is 0.0545. The number of thiophene rings is 1. The van der Waals surface area contributed by atoms with Gasteiger partial charge in [-0.3, -0.25) is 0 Å². The monoisotopic (exact) mass is 759 g/mol. The third kappa shape index (κ3) is 4.90. The quantitative estimate of drug-likeness (QED) is 0.174. The molecule has 0 amide bonds. The second-order valence-electron chi connectivity index (χ2n) is 16.1. The van der Waals surface area contributed by atoms with Crippen molar-refractivity contribution in [3.8, 4) is 33.4 Å². The maximum absolute atomic E-state index is 6.73. The van der Waals surface area contributed by atoms with Gasteiger partial charge >= 0.3 is 0 Å². The molecule has 1 aliphatic carbocycles. The van der Waals surface area contributed by atoms with Crippen molar-refractivity contribution < 1.29 is 4.42 Å². The molecule has 274 valence electrons. The van der Waals surface area contributed by atoms with Gasteiger partial charge in [0.25, 0.3) is 0 Å². The first-order valence-electron chi connectivity index (χ1n) is 20.0. The largest absolute Gasteiger partial charge is 0.455 e. The van der Waals surface area contributed by atoms with Gasteiger partial charge in [-0.1, -0.05) is 147 Å². The zero-order valence-electron chi connectivity index (χ0n) is 32.2. The van der Waals surface area contributed by atoms with Gasteiger partial charge in [-0.05, 0) is 98.9 Å². The molecule has 58 heavy (non-hydrogen) atoms. The predicted molar refractivity (Wildman–Crippen MR) is 247 cm³/mol. The van der Waals surface area contributed by atoms with Crippen molar-refractivity contribution in [2.45, 2.75) is 19.3 Å². The Morgan fingerprint density at radius 1 is 0.414 bits per heavy atom. The molecule has 0 saturated heterocycles. The summed E-state index contributed by atoms with van der Waals surface area (Å²) in [5.41, 5.74) is 15.3. The van der Waals surface area contributed by atoms with E-state index in [0.29, 0.717) is 0 Å². The van der Waals surface area contributed by atoms with Gasteiger partial charge in [0.1, 0.15) is 11.2 Å². The molecule has 0 bridgehead atoms. The SMILES string of the molecule is CC1(C)c2ccccc2-c2c(-c3ccc(N(c4ccc(-c5cccc6c5oc5c7ccccc7ccc65)cc4)c4ccc5sc6ccccc6c5c4)cc3)cccc21. The molecule has 2 nitrogen and oxygen atoms in total. The Bertz CT molecular complexity index is 3420. The van der Waals surface area contributed by atoms with Gasteiger partial charge in [0.15, 0.2) is 0 Å². The van der Waals surface area contributed by atoms with Crippen LogP contribution in [0.15, 0.2) is 192 Å². The molecule has 12 rings (SSSR count). The number of anilines is 3. The van der Waals surface area contributed by atoms with E-state index < -0.39 is 0 Å². The second kappa shape index (κ2) is 12.5. The molecule has 0 atom stereocenters. The summed E-state index contributed by atoms with van der Waals surface area (Å²) >= 11 is 1.85. The maximum atomic E-state index is 6.73. The second-order valence-corrected chi connectivity index (χ2v) is 17.1. The Kier molecular flexibility index (Phi) is 7.18. The Labute approximate surface area is 340 Å². The third-order valence-electron chi connectivity index (χ3n) is 12.5. The van der Waals surface area contributed by atoms with Crippen molar-refractivity contribution in [1.82, 2.24) is 0 Å². The van der Waals surface area contributed by atoms with E-state index in [2.05, 4.69) is 207 Å². The summed E-state index contributed by atoms with van der Waals surface area (Å²) < 4.78 is 9.34. The molecule has 0 unspecified atom stereocenters. The molecular formula is C55H37NOS. The topological polar surface area (TPSA) is 16.4 Å². The number of hydrogen-bond donors (Lipinski definition) is 0. The lowest BCUT2D eigenvalue weighted by Crippen LogP contribution is -2.14. The van der Waals surface area contributed by atoms with Crippen LogP contribution in [0.1, 0.15) is 25.0 Å². The standard InChI is InChI=1S/C55H37NOS/c1-55(2)48-18-7-5-14-46(48)52-40(15-10-19-49(52)55)35-21-26-37(27-22-35)56(39-30-32-51-47(33-39)43-13-6-8-20-50(43)58-51)38-28-23-36(24-29-38)42-16-9-17-44-45-31-25-34-11-3-4-12-41(34)54(45)57-53(42)44/h3-33H,1-2H3. The van der Waals surface area contributed by atoms with Gasteiger partial charge in [-0.25, -0.2) is 0 Å². The summed E-state index contributed by atoms with van der Waals surface area (Å²) in [5.74, 6) is 0. The Morgan fingerprint density at radius 2 is 1.00 bits per heavy atom. The smallest absolute Gasteiger partial charge is 0.143 e. The highest BCUT2D eigenvalue weighted by Gasteiger charge is 2.36. The van der Waals surface area contributed by atoms with Crippen LogP contribution in [0.3, 0.4) is 0 Å². The molecule has 1 aliphatic rings. The Hall–Kier alpha value is -6.94. The van der Waals surface area contributed by atoms with E-state index in [-0.39, 0.29) is 5.41 Å². The van der Waals surface area contributed by atoms with Crippen molar-refractivity contribution >= 4 is 81.3 Å². The van der Waals surface area contributed by atoms with Crippen LogP contribution in [0.25, 0.3) is 86.3 Å². The zero-order valence-corrected chi connectivity index (χ0v) is 33.0. The van der Waals surface area contributed by atoms with Gasteiger partial charge < -0.3 is 9.32 Å². The number of rotatable bonds is 5. The fourth-order valence-electron chi connectivity index (χ4n) is 9.63. The molecule has 0 fully saturated rings. The number of hydrogen-bond acceptors (Lipinski definition) is 3. The minimum atomic E-state index is -0.0420. The van der Waals surface area contributed by atoms with Crippen LogP contribution < -0.4 is 4.90 Å². The lowest BCUT2D eigenvalue weighted by atomic mass is 9.82. The molecule has 0 N–H and O–H groups in total. The molecule has 11 aromatic rings. The minimum Gasteiger partial charge on any atom is -0.455 e. The zero-order chi connectivity index (χ0) is 38.5. The van der Waals surface area contributed by atoms with Crippen LogP contribution in [0, 0.1) is 0 Å². The molecule has 0 radical (unpaired) electrons. The van der Waals surface area contributed by atoms with Crippen LogP contribution >= 0.6 is 11.3 Å². The summed E-state index contributed by atoms with van der Waals surface area (Å²) in [7, 11) is 0. The van der Waals surface area contributed by atoms with Gasteiger partial charge in [0.05, 0.1) is 0 Å². The molecule has 0 aliphatic heterocycles. The van der Waals surface area contributed by atoms with Crippen molar-refractivity contribution in [1.29, 1.82) is 0 Å². The minimum absolute atomic E-state index is 0.0420. The van der Waals surface area contributed by atoms with Crippen molar-refractivity contribution in [2.75, 3.05) is 4.90 Å². The first kappa shape index (κ1) is 33.2. The molecule has 2 heterocycles. The average molecular weight is 760 g/mol. The maximum Gasteiger partial charge on any atom is 0.143 e. The summed E-state index contributed by atoms with van der Waals surface area (Å²) in [6, 6.07) is 68.8. The predicted octanol–water partition coefficient (Wildman–Crippen LogP) is 16.2. The lowest BCUT2D eigenvalue weighted by Gasteiger charge is -2.26. The first-order chi connectivity index (χ1) is 28.5. The fourth-order valence-corrected chi connectivity index (χ4v) is 10.7. The summed E-state index contributed by atoms with van der Waals surface area (Å²) in [6.07, 6.45) is 0. The van der Waals surface area contributed by atoms with Crippen LogP contribution in [0.4, 0.5) is 17.1 Å². The Morgan fingerprint density at radius 3 is 1.83 bits per heavy atom. The molecular weight excluding hydrogens is 723 g/mol. The van der Waals surface area contributed by atoms with Crippen LogP contribution in [0.2, 0.25) is 0 Å². The average Bonchev–Trinajstić information content (AvgIpc) is 3.92. The van der Waals surface area contributed by atoms with E-state index in [0.717, 1.165) is 55.5 Å². The molecule has 0 spiro atoms. The molecule has 0 saturated carbocycles. The Balaban J connectivity index is 0.984. The van der Waals surface area contributed by atoms with Crippen LogP contribution in [-0.4, -0.2) is 0 Å². The van der Waals surface area contributed by atoms with Crippen LogP contribution in [-0.2, 0) is 5.41 Å². The van der Waals surface area contributed by atoms with Crippen molar-refractivity contribution in [3.63, 3.8) is 0 Å². The molecule has 2 aromatic heterocycles. The van der Waals surface area contributed by atoms with Crippen molar-refractivity contribution in [3.05, 3.63) is 199 Å². The summed E-state index contributed by atoms with van der Waals surface area (Å²) in [5, 5.41) is 7.18. The highest BCUT2D eigenvalue weighted by Crippen LogP contribution is 2.52. The van der Waals surface area contributed by atoms with E-state index in [4.69, 9.17) is 4.42 Å². The van der Waals surface area contributed by atoms with E-state index in [1.807, 2.05) is 11.3 Å². The van der Waals surface area contributed by atoms with E-state index >= 15 is 0 Å². The van der Waals surface area contributed by atoms with E-state index in [9.17, 15) is 0 Å². The first-order valence-corrected chi connectivity index (χ1v) is 20.8. The molecule has 3 heteroatoms. The number of furan rings is 1. The number of fused-ring (bicyclic) bond motifs is 11. The van der Waals surface area contributed by atoms with Gasteiger partial charge in [0.2, 0.25) is 0 Å². The highest BCUT2D eigenvalue weighted by atomic mass is 32.1. The number of para-hydroxylation sites is 1. The summed E-state index contributed by atoms with van der Waals surface area (Å²) in [4.78, 5) is 2.39. The molecule has 9 aromatic carbocycles.